The van der Waals surface area contributed by atoms with E-state index in [0.717, 1.165) is 31.9 Å². The SMILES string of the molecule is CN(C)c1ccc(CN2CC[C@@](C)(O)C(C)(C)C2)cn1. The monoisotopic (exact) mass is 277 g/mol. The second-order valence-electron chi connectivity index (χ2n) is 7.04. The van der Waals surface area contributed by atoms with Crippen molar-refractivity contribution in [2.24, 2.45) is 5.41 Å². The van der Waals surface area contributed by atoms with Crippen molar-refractivity contribution in [3.05, 3.63) is 23.9 Å². The predicted octanol–water partition coefficient (Wildman–Crippen LogP) is 2.13. The highest BCUT2D eigenvalue weighted by molar-refractivity contribution is 5.37. The molecule has 1 N–H and O–H groups in total. The maximum absolute atomic E-state index is 10.4. The molecule has 4 heteroatoms. The van der Waals surface area contributed by atoms with Crippen LogP contribution in [0.4, 0.5) is 5.82 Å². The number of rotatable bonds is 3. The van der Waals surface area contributed by atoms with Gasteiger partial charge in [-0.05, 0) is 25.0 Å². The number of piperidine rings is 1. The van der Waals surface area contributed by atoms with Crippen LogP contribution in [0.25, 0.3) is 0 Å². The fraction of sp³-hybridized carbons (Fsp3) is 0.688. The van der Waals surface area contributed by atoms with Gasteiger partial charge >= 0.3 is 0 Å². The highest BCUT2D eigenvalue weighted by Gasteiger charge is 2.43. The molecule has 0 spiro atoms. The Bertz CT molecular complexity index is 451. The summed E-state index contributed by atoms with van der Waals surface area (Å²) in [7, 11) is 3.99. The average Bonchev–Trinajstić information content (AvgIpc) is 2.35. The Balaban J connectivity index is 2.01. The van der Waals surface area contributed by atoms with Gasteiger partial charge in [-0.1, -0.05) is 19.9 Å². The lowest BCUT2D eigenvalue weighted by Gasteiger charge is -2.48. The number of hydrogen-bond acceptors (Lipinski definition) is 4. The summed E-state index contributed by atoms with van der Waals surface area (Å²) in [4.78, 5) is 8.87. The van der Waals surface area contributed by atoms with E-state index < -0.39 is 5.60 Å². The summed E-state index contributed by atoms with van der Waals surface area (Å²) >= 11 is 0. The summed E-state index contributed by atoms with van der Waals surface area (Å²) in [5.41, 5.74) is 0.576. The molecular formula is C16H27N3O. The molecule has 0 aliphatic carbocycles. The van der Waals surface area contributed by atoms with Crippen LogP contribution in [-0.2, 0) is 6.54 Å². The molecule has 0 radical (unpaired) electrons. The minimum absolute atomic E-state index is 0.0811. The molecule has 1 fully saturated rings. The van der Waals surface area contributed by atoms with Crippen LogP contribution in [0.15, 0.2) is 18.3 Å². The first-order valence-electron chi connectivity index (χ1n) is 7.28. The second kappa shape index (κ2) is 5.34. The summed E-state index contributed by atoms with van der Waals surface area (Å²) in [6.45, 7) is 9.00. The molecule has 20 heavy (non-hydrogen) atoms. The standard InChI is InChI=1S/C16H27N3O/c1-15(2)12-19(9-8-16(15,3)20)11-13-6-7-14(17-10-13)18(4)5/h6-7,10,20H,8-9,11-12H2,1-5H3/t16-/m1/s1. The lowest BCUT2D eigenvalue weighted by molar-refractivity contribution is -0.107. The van der Waals surface area contributed by atoms with Crippen LogP contribution in [0.2, 0.25) is 0 Å². The molecule has 2 rings (SSSR count). The predicted molar refractivity (Wildman–Crippen MR) is 82.9 cm³/mol. The van der Waals surface area contributed by atoms with Crippen LogP contribution in [0, 0.1) is 5.41 Å². The van der Waals surface area contributed by atoms with Crippen molar-refractivity contribution in [3.63, 3.8) is 0 Å². The summed E-state index contributed by atoms with van der Waals surface area (Å²) < 4.78 is 0. The largest absolute Gasteiger partial charge is 0.390 e. The Morgan fingerprint density at radius 1 is 1.30 bits per heavy atom. The molecule has 0 unspecified atom stereocenters. The Hall–Kier alpha value is -1.13. The van der Waals surface area contributed by atoms with Gasteiger partial charge in [0.25, 0.3) is 0 Å². The van der Waals surface area contributed by atoms with Crippen molar-refractivity contribution in [3.8, 4) is 0 Å². The van der Waals surface area contributed by atoms with E-state index in [1.54, 1.807) is 0 Å². The molecule has 1 aliphatic heterocycles. The molecule has 2 heterocycles. The minimum Gasteiger partial charge on any atom is -0.390 e. The van der Waals surface area contributed by atoms with Crippen molar-refractivity contribution in [2.75, 3.05) is 32.1 Å². The number of aromatic nitrogens is 1. The molecule has 0 bridgehead atoms. The average molecular weight is 277 g/mol. The zero-order chi connectivity index (χ0) is 15.0. The van der Waals surface area contributed by atoms with Crippen LogP contribution in [0.1, 0.15) is 32.8 Å². The van der Waals surface area contributed by atoms with Crippen molar-refractivity contribution < 1.29 is 5.11 Å². The fourth-order valence-corrected chi connectivity index (χ4v) is 2.69. The zero-order valence-corrected chi connectivity index (χ0v) is 13.3. The van der Waals surface area contributed by atoms with Crippen molar-refractivity contribution in [1.82, 2.24) is 9.88 Å². The highest BCUT2D eigenvalue weighted by atomic mass is 16.3. The van der Waals surface area contributed by atoms with Gasteiger partial charge in [0.05, 0.1) is 5.60 Å². The second-order valence-corrected chi connectivity index (χ2v) is 7.04. The van der Waals surface area contributed by atoms with Crippen molar-refractivity contribution in [1.29, 1.82) is 0 Å². The summed E-state index contributed by atoms with van der Waals surface area (Å²) in [5.74, 6) is 0.982. The number of aliphatic hydroxyl groups is 1. The molecule has 4 nitrogen and oxygen atoms in total. The quantitative estimate of drug-likeness (QED) is 0.919. The third-order valence-electron chi connectivity index (χ3n) is 4.67. The van der Waals surface area contributed by atoms with Crippen LogP contribution in [0.5, 0.6) is 0 Å². The van der Waals surface area contributed by atoms with Gasteiger partial charge in [0.1, 0.15) is 5.82 Å². The maximum atomic E-state index is 10.4. The third kappa shape index (κ3) is 3.13. The Labute approximate surface area is 122 Å². The molecule has 112 valence electrons. The van der Waals surface area contributed by atoms with Gasteiger partial charge in [-0.2, -0.15) is 0 Å². The molecule has 1 atom stereocenters. The zero-order valence-electron chi connectivity index (χ0n) is 13.3. The first-order valence-corrected chi connectivity index (χ1v) is 7.28. The van der Waals surface area contributed by atoms with Gasteiger partial charge in [-0.25, -0.2) is 4.98 Å². The summed E-state index contributed by atoms with van der Waals surface area (Å²) in [6, 6.07) is 4.20. The number of pyridine rings is 1. The van der Waals surface area contributed by atoms with Crippen LogP contribution in [-0.4, -0.2) is 47.8 Å². The van der Waals surface area contributed by atoms with Gasteiger partial charge in [0, 0.05) is 45.3 Å². The summed E-state index contributed by atoms with van der Waals surface area (Å²) in [6.07, 6.45) is 2.78. The van der Waals surface area contributed by atoms with E-state index in [2.05, 4.69) is 35.9 Å². The Morgan fingerprint density at radius 2 is 2.00 bits per heavy atom. The van der Waals surface area contributed by atoms with Crippen LogP contribution in [0.3, 0.4) is 0 Å². The molecule has 0 amide bonds. The number of hydrogen-bond donors (Lipinski definition) is 1. The van der Waals surface area contributed by atoms with Gasteiger partial charge in [-0.15, -0.1) is 0 Å². The van der Waals surface area contributed by atoms with E-state index in [-0.39, 0.29) is 5.41 Å². The number of likely N-dealkylation sites (tertiary alicyclic amines) is 1. The maximum Gasteiger partial charge on any atom is 0.127 e. The lowest BCUT2D eigenvalue weighted by Crippen LogP contribution is -2.55. The molecule has 1 aliphatic rings. The molecular weight excluding hydrogens is 250 g/mol. The van der Waals surface area contributed by atoms with Crippen LogP contribution >= 0.6 is 0 Å². The smallest absolute Gasteiger partial charge is 0.127 e. The minimum atomic E-state index is -0.573. The molecule has 0 aromatic carbocycles. The van der Waals surface area contributed by atoms with E-state index in [4.69, 9.17) is 0 Å². The van der Waals surface area contributed by atoms with E-state index in [9.17, 15) is 5.11 Å². The molecule has 1 aromatic rings. The Morgan fingerprint density at radius 3 is 2.50 bits per heavy atom. The van der Waals surface area contributed by atoms with Crippen LogP contribution < -0.4 is 4.90 Å². The van der Waals surface area contributed by atoms with E-state index in [0.29, 0.717) is 0 Å². The Kier molecular flexibility index (Phi) is 4.07. The molecule has 1 aromatic heterocycles. The van der Waals surface area contributed by atoms with E-state index in [1.807, 2.05) is 32.1 Å². The van der Waals surface area contributed by atoms with E-state index >= 15 is 0 Å². The van der Waals surface area contributed by atoms with Gasteiger partial charge < -0.3 is 10.0 Å². The number of nitrogens with zero attached hydrogens (tertiary/aromatic N) is 3. The topological polar surface area (TPSA) is 39.6 Å². The third-order valence-corrected chi connectivity index (χ3v) is 4.67. The number of anilines is 1. The van der Waals surface area contributed by atoms with E-state index in [1.165, 1.54) is 5.56 Å². The van der Waals surface area contributed by atoms with Gasteiger partial charge in [-0.3, -0.25) is 4.90 Å². The van der Waals surface area contributed by atoms with Gasteiger partial charge in [0.15, 0.2) is 0 Å². The first-order chi connectivity index (χ1) is 9.21. The highest BCUT2D eigenvalue weighted by Crippen LogP contribution is 2.38. The normalized spacial score (nSPS) is 26.5. The first kappa shape index (κ1) is 15.3. The van der Waals surface area contributed by atoms with Crippen molar-refractivity contribution >= 4 is 5.82 Å². The molecule has 1 saturated heterocycles. The van der Waals surface area contributed by atoms with Crippen molar-refractivity contribution in [2.45, 2.75) is 39.3 Å². The van der Waals surface area contributed by atoms with Gasteiger partial charge in [0.2, 0.25) is 0 Å². The fourth-order valence-electron chi connectivity index (χ4n) is 2.69. The molecule has 0 saturated carbocycles. The lowest BCUT2D eigenvalue weighted by atomic mass is 9.71. The summed E-state index contributed by atoms with van der Waals surface area (Å²) in [5, 5.41) is 10.4.